The fourth-order valence-corrected chi connectivity index (χ4v) is 0. The summed E-state index contributed by atoms with van der Waals surface area (Å²) in [5.41, 5.74) is 0. The summed E-state index contributed by atoms with van der Waals surface area (Å²) in [6.07, 6.45) is -1.04. The van der Waals surface area contributed by atoms with Gasteiger partial charge in [-0.25, -0.2) is 0 Å². The Kier molecular flexibility index (Phi) is 19.4. The summed E-state index contributed by atoms with van der Waals surface area (Å²) in [5, 5.41) is 14.8. The third kappa shape index (κ3) is 99.8. The molecule has 0 atom stereocenters. The molecule has 0 aliphatic rings. The normalized spacial score (nSPS) is 5.70. The molecule has 1 N–H and O–H groups in total. The van der Waals surface area contributed by atoms with Gasteiger partial charge in [-0.3, -0.25) is 4.79 Å². The molecule has 0 fully saturated rings. The van der Waals surface area contributed by atoms with Crippen LogP contribution in [0.4, 0.5) is 4.79 Å². The molecule has 0 bridgehead atoms. The summed E-state index contributed by atoms with van der Waals surface area (Å²) in [6, 6.07) is 0. The molecule has 6 heteroatoms. The van der Waals surface area contributed by atoms with Gasteiger partial charge in [0.2, 0.25) is 11.4 Å². The van der Waals surface area contributed by atoms with Crippen molar-refractivity contribution in [1.29, 1.82) is 0 Å². The number of carboxylic acid groups (broad SMARTS) is 2. The number of carbonyl (C=O) groups excluding carboxylic acids is 1. The first-order chi connectivity index (χ1) is 4.00. The smallest absolute Gasteiger partial charge is 0.565 e. The van der Waals surface area contributed by atoms with Crippen molar-refractivity contribution in [2.45, 2.75) is 0 Å². The Morgan fingerprint density at radius 1 is 1.60 bits per heavy atom. The van der Waals surface area contributed by atoms with E-state index in [-0.39, 0.29) is 29.6 Å². The van der Waals surface area contributed by atoms with Gasteiger partial charge in [0, 0.05) is 0 Å². The van der Waals surface area contributed by atoms with Crippen LogP contribution in [-0.4, -0.2) is 16.5 Å². The van der Waals surface area contributed by atoms with Gasteiger partial charge in [0.05, 0.1) is 0 Å². The number of halogens is 1. The predicted molar refractivity (Wildman–Crippen MR) is 29.1 cm³/mol. The van der Waals surface area contributed by atoms with Crippen LogP contribution >= 0.6 is 11.6 Å². The Morgan fingerprint density at radius 2 is 1.70 bits per heavy atom. The maximum absolute atomic E-state index is 9.46. The minimum atomic E-state index is -2.08. The van der Waals surface area contributed by atoms with Crippen molar-refractivity contribution in [3.8, 4) is 0 Å². The first kappa shape index (κ1) is 16.5. The molecule has 0 amide bonds. The first-order valence-corrected chi connectivity index (χ1v) is 2.10. The molecule has 0 aliphatic heterocycles. The van der Waals surface area contributed by atoms with Crippen LogP contribution in [0.15, 0.2) is 12.7 Å². The van der Waals surface area contributed by atoms with Gasteiger partial charge in [-0.15, -0.1) is 0 Å². The van der Waals surface area contributed by atoms with Crippen LogP contribution in [0.1, 0.15) is 0 Å². The van der Waals surface area contributed by atoms with E-state index in [1.807, 2.05) is 0 Å². The maximum atomic E-state index is 9.46. The Balaban J connectivity index is -0.0000000910. The molecule has 52 valence electrons. The molecule has 0 unspecified atom stereocenters. The monoisotopic (exact) mass is 174 g/mol. The average Bonchev–Trinajstić information content (AvgIpc) is 1.65. The fourth-order valence-electron chi connectivity index (χ4n) is 0. The van der Waals surface area contributed by atoms with Gasteiger partial charge in [-0.05, 0) is 17.7 Å². The summed E-state index contributed by atoms with van der Waals surface area (Å²) >= 11 is 4.71. The van der Waals surface area contributed by atoms with Crippen molar-refractivity contribution in [2.24, 2.45) is 0 Å². The van der Waals surface area contributed by atoms with Crippen molar-refractivity contribution in [3.63, 3.8) is 0 Å². The Bertz CT molecular complexity index is 120. The van der Waals surface area contributed by atoms with Crippen molar-refractivity contribution >= 4 is 23.0 Å². The topological polar surface area (TPSA) is 77.4 Å². The van der Waals surface area contributed by atoms with Gasteiger partial charge in [0.1, 0.15) is 0 Å². The number of carbonyl (C=O) groups is 2. The van der Waals surface area contributed by atoms with Crippen molar-refractivity contribution in [2.75, 3.05) is 0 Å². The molecule has 0 saturated heterocycles. The standard InChI is InChI=1S/C3H3ClO.CH2O3.Na/c1-2-3(4)5;2-1(3)4;/h2H,1H2;(H2,2,3,4);/q;;+1/p-1. The quantitative estimate of drug-likeness (QED) is 0.259. The van der Waals surface area contributed by atoms with Crippen molar-refractivity contribution in [3.05, 3.63) is 12.7 Å². The van der Waals surface area contributed by atoms with E-state index in [9.17, 15) is 4.79 Å². The second-order valence-electron chi connectivity index (χ2n) is 0.774. The maximum Gasteiger partial charge on any atom is 1.00 e. The van der Waals surface area contributed by atoms with Crippen LogP contribution in [-0.2, 0) is 4.79 Å². The summed E-state index contributed by atoms with van der Waals surface area (Å²) in [6.45, 7) is 3.08. The Hall–Kier alpha value is -0.0300. The molecular weight excluding hydrogens is 170 g/mol. The molecule has 0 aromatic carbocycles. The number of rotatable bonds is 1. The van der Waals surface area contributed by atoms with E-state index in [1.54, 1.807) is 0 Å². The van der Waals surface area contributed by atoms with Crippen molar-refractivity contribution in [1.82, 2.24) is 0 Å². The van der Waals surface area contributed by atoms with Gasteiger partial charge >= 0.3 is 29.6 Å². The van der Waals surface area contributed by atoms with Crippen molar-refractivity contribution < 1.29 is 49.4 Å². The SMILES string of the molecule is C=CC(=O)Cl.O=C([O-])O.[Na+]. The molecule has 0 aromatic heterocycles. The summed E-state index contributed by atoms with van der Waals surface area (Å²) in [4.78, 5) is 17.9. The largest absolute Gasteiger partial charge is 1.00 e. The summed E-state index contributed by atoms with van der Waals surface area (Å²) in [7, 11) is 0. The van der Waals surface area contributed by atoms with E-state index >= 15 is 0 Å². The molecule has 0 rings (SSSR count). The van der Waals surface area contributed by atoms with E-state index in [4.69, 9.17) is 26.6 Å². The van der Waals surface area contributed by atoms with Crippen LogP contribution in [0.25, 0.3) is 0 Å². The van der Waals surface area contributed by atoms with Gasteiger partial charge in [-0.2, -0.15) is 0 Å². The molecular formula is C4H4ClNaO4. The molecule has 0 spiro atoms. The van der Waals surface area contributed by atoms with E-state index < -0.39 is 11.4 Å². The van der Waals surface area contributed by atoms with Gasteiger partial charge in [0.25, 0.3) is 0 Å². The minimum Gasteiger partial charge on any atom is -0.565 e. The fraction of sp³-hybridized carbons (Fsp3) is 0. The molecule has 0 saturated carbocycles. The predicted octanol–water partition coefficient (Wildman–Crippen LogP) is -3.17. The van der Waals surface area contributed by atoms with Crippen LogP contribution in [0.2, 0.25) is 0 Å². The zero-order valence-corrected chi connectivity index (χ0v) is 8.09. The summed E-state index contributed by atoms with van der Waals surface area (Å²) < 4.78 is 0. The molecule has 0 aromatic rings. The van der Waals surface area contributed by atoms with Crippen LogP contribution in [0.3, 0.4) is 0 Å². The van der Waals surface area contributed by atoms with Gasteiger partial charge in [-0.1, -0.05) is 6.58 Å². The molecule has 0 heterocycles. The third-order valence-electron chi connectivity index (χ3n) is 0.160. The summed E-state index contributed by atoms with van der Waals surface area (Å²) in [5.74, 6) is 0. The van der Waals surface area contributed by atoms with E-state index in [2.05, 4.69) is 6.58 Å². The second-order valence-corrected chi connectivity index (χ2v) is 1.15. The van der Waals surface area contributed by atoms with E-state index in [1.165, 1.54) is 0 Å². The Morgan fingerprint density at radius 3 is 1.70 bits per heavy atom. The first-order valence-electron chi connectivity index (χ1n) is 1.72. The zero-order chi connectivity index (χ0) is 7.86. The minimum absolute atomic E-state index is 0. The molecule has 10 heavy (non-hydrogen) atoms. The van der Waals surface area contributed by atoms with Gasteiger partial charge < -0.3 is 15.0 Å². The van der Waals surface area contributed by atoms with Crippen LogP contribution < -0.4 is 34.7 Å². The van der Waals surface area contributed by atoms with Crippen LogP contribution in [0.5, 0.6) is 0 Å². The van der Waals surface area contributed by atoms with Crippen LogP contribution in [0, 0.1) is 0 Å². The molecule has 4 nitrogen and oxygen atoms in total. The number of hydrogen-bond donors (Lipinski definition) is 1. The second kappa shape index (κ2) is 11.7. The molecule has 0 radical (unpaired) electrons. The Labute approximate surface area is 84.8 Å². The number of hydrogen-bond acceptors (Lipinski definition) is 3. The van der Waals surface area contributed by atoms with E-state index in [0.29, 0.717) is 0 Å². The third-order valence-corrected chi connectivity index (χ3v) is 0.315. The van der Waals surface area contributed by atoms with E-state index in [0.717, 1.165) is 6.08 Å². The average molecular weight is 175 g/mol. The molecule has 0 aliphatic carbocycles. The number of allylic oxidation sites excluding steroid dienone is 1. The zero-order valence-electron chi connectivity index (χ0n) is 5.33. The van der Waals surface area contributed by atoms with Gasteiger partial charge in [0.15, 0.2) is 0 Å².